The molecule has 1 saturated carbocycles. The van der Waals surface area contributed by atoms with Gasteiger partial charge in [-0.1, -0.05) is 17.7 Å². The molecule has 1 saturated heterocycles. The maximum absolute atomic E-state index is 12.2. The molecule has 1 aliphatic carbocycles. The Morgan fingerprint density at radius 2 is 1.81 bits per heavy atom. The lowest BCUT2D eigenvalue weighted by molar-refractivity contribution is -0.136. The molecular weight excluding hydrogens is 390 g/mol. The fourth-order valence-electron chi connectivity index (χ4n) is 3.18. The van der Waals surface area contributed by atoms with E-state index in [1.165, 1.54) is 0 Å². The molecule has 1 heterocycles. The van der Waals surface area contributed by atoms with Crippen LogP contribution in [0.1, 0.15) is 31.2 Å². The number of nitrogens with one attached hydrogen (secondary N) is 2. The summed E-state index contributed by atoms with van der Waals surface area (Å²) in [4.78, 5) is 24.1. The lowest BCUT2D eigenvalue weighted by atomic mass is 9.98. The van der Waals surface area contributed by atoms with Gasteiger partial charge in [0.15, 0.2) is 0 Å². The van der Waals surface area contributed by atoms with Gasteiger partial charge in [0.05, 0.1) is 5.25 Å². The molecule has 0 atom stereocenters. The van der Waals surface area contributed by atoms with Crippen LogP contribution in [0.3, 0.4) is 0 Å². The number of carbonyl (C=O) groups is 2. The Morgan fingerprint density at radius 1 is 1.15 bits per heavy atom. The molecule has 1 aliphatic heterocycles. The summed E-state index contributed by atoms with van der Waals surface area (Å²) in [7, 11) is -3.13. The molecule has 1 aromatic carbocycles. The number of rotatable bonds is 5. The van der Waals surface area contributed by atoms with Gasteiger partial charge in [0, 0.05) is 30.3 Å². The van der Waals surface area contributed by atoms with Crippen LogP contribution in [0, 0.1) is 12.8 Å². The van der Waals surface area contributed by atoms with Crippen LogP contribution < -0.4 is 10.6 Å². The molecule has 0 spiro atoms. The normalized spacial score (nSPS) is 18.9. The summed E-state index contributed by atoms with van der Waals surface area (Å²) in [6, 6.07) is 5.09. The van der Waals surface area contributed by atoms with Crippen LogP contribution in [0.25, 0.3) is 0 Å². The molecule has 2 fully saturated rings. The van der Waals surface area contributed by atoms with Crippen molar-refractivity contribution >= 4 is 39.1 Å². The predicted molar refractivity (Wildman–Crippen MR) is 104 cm³/mol. The van der Waals surface area contributed by atoms with E-state index < -0.39 is 21.8 Å². The zero-order chi connectivity index (χ0) is 19.6. The van der Waals surface area contributed by atoms with E-state index in [4.69, 9.17) is 11.6 Å². The first-order valence-corrected chi connectivity index (χ1v) is 11.0. The summed E-state index contributed by atoms with van der Waals surface area (Å²) in [6.07, 6.45) is 2.89. The van der Waals surface area contributed by atoms with E-state index in [1.54, 1.807) is 29.4 Å². The molecule has 1 aromatic rings. The third-order valence-electron chi connectivity index (χ3n) is 5.15. The van der Waals surface area contributed by atoms with Gasteiger partial charge >= 0.3 is 11.8 Å². The molecule has 148 valence electrons. The van der Waals surface area contributed by atoms with Crippen molar-refractivity contribution in [2.75, 3.05) is 25.0 Å². The van der Waals surface area contributed by atoms with Crippen molar-refractivity contribution < 1.29 is 18.0 Å². The number of carbonyl (C=O) groups excluding carboxylic acids is 2. The average Bonchev–Trinajstić information content (AvgIpc) is 3.49. The van der Waals surface area contributed by atoms with E-state index >= 15 is 0 Å². The second-order valence-corrected chi connectivity index (χ2v) is 9.78. The van der Waals surface area contributed by atoms with Crippen LogP contribution in [0.4, 0.5) is 5.69 Å². The monoisotopic (exact) mass is 413 g/mol. The summed E-state index contributed by atoms with van der Waals surface area (Å²) in [6.45, 7) is 3.08. The van der Waals surface area contributed by atoms with Gasteiger partial charge in [-0.2, -0.15) is 0 Å². The summed E-state index contributed by atoms with van der Waals surface area (Å²) in [5.41, 5.74) is 1.20. The minimum Gasteiger partial charge on any atom is -0.348 e. The molecule has 2 aliphatic rings. The Labute approximate surface area is 164 Å². The van der Waals surface area contributed by atoms with Crippen LogP contribution in [0.15, 0.2) is 18.2 Å². The Morgan fingerprint density at radius 3 is 2.44 bits per heavy atom. The quantitative estimate of drug-likeness (QED) is 0.720. The molecule has 7 nitrogen and oxygen atoms in total. The summed E-state index contributed by atoms with van der Waals surface area (Å²) < 4.78 is 26.0. The van der Waals surface area contributed by atoms with Gasteiger partial charge in [-0.15, -0.1) is 0 Å². The average molecular weight is 414 g/mol. The Kier molecular flexibility index (Phi) is 6.08. The lowest BCUT2D eigenvalue weighted by Gasteiger charge is -2.31. The standard InChI is InChI=1S/C18H24ClN3O4S/c1-12-15(19)3-2-4-16(12)21-18(24)17(23)20-11-13-7-9-22(10-8-13)27(25,26)14-5-6-14/h2-4,13-14H,5-11H2,1H3,(H,20,23)(H,21,24). The number of benzene rings is 1. The molecule has 2 amide bonds. The maximum atomic E-state index is 12.2. The van der Waals surface area contributed by atoms with Crippen molar-refractivity contribution in [2.45, 2.75) is 37.9 Å². The van der Waals surface area contributed by atoms with E-state index in [9.17, 15) is 18.0 Å². The largest absolute Gasteiger partial charge is 0.348 e. The first kappa shape index (κ1) is 20.1. The number of nitrogens with zero attached hydrogens (tertiary/aromatic N) is 1. The van der Waals surface area contributed by atoms with E-state index in [-0.39, 0.29) is 11.2 Å². The van der Waals surface area contributed by atoms with Gasteiger partial charge in [0.25, 0.3) is 0 Å². The number of anilines is 1. The first-order chi connectivity index (χ1) is 12.8. The highest BCUT2D eigenvalue weighted by molar-refractivity contribution is 7.90. The number of sulfonamides is 1. The Balaban J connectivity index is 1.44. The van der Waals surface area contributed by atoms with Gasteiger partial charge in [-0.3, -0.25) is 9.59 Å². The molecule has 0 radical (unpaired) electrons. The van der Waals surface area contributed by atoms with Gasteiger partial charge in [0.1, 0.15) is 0 Å². The molecule has 27 heavy (non-hydrogen) atoms. The highest BCUT2D eigenvalue weighted by Gasteiger charge is 2.41. The Hall–Kier alpha value is -1.64. The zero-order valence-corrected chi connectivity index (χ0v) is 16.8. The second kappa shape index (κ2) is 8.16. The molecular formula is C18H24ClN3O4S. The number of halogens is 1. The van der Waals surface area contributed by atoms with Crippen molar-refractivity contribution in [1.82, 2.24) is 9.62 Å². The molecule has 0 aromatic heterocycles. The fourth-order valence-corrected chi connectivity index (χ4v) is 5.23. The van der Waals surface area contributed by atoms with E-state index in [2.05, 4.69) is 10.6 Å². The SMILES string of the molecule is Cc1c(Cl)cccc1NC(=O)C(=O)NCC1CCN(S(=O)(=O)C2CC2)CC1. The van der Waals surface area contributed by atoms with Gasteiger partial charge < -0.3 is 10.6 Å². The van der Waals surface area contributed by atoms with E-state index in [0.29, 0.717) is 48.7 Å². The summed E-state index contributed by atoms with van der Waals surface area (Å²) in [5.74, 6) is -1.28. The van der Waals surface area contributed by atoms with Gasteiger partial charge in [-0.25, -0.2) is 12.7 Å². The molecule has 0 bridgehead atoms. The van der Waals surface area contributed by atoms with Crippen molar-refractivity contribution in [3.05, 3.63) is 28.8 Å². The van der Waals surface area contributed by atoms with E-state index in [1.807, 2.05) is 0 Å². The van der Waals surface area contributed by atoms with E-state index in [0.717, 1.165) is 12.8 Å². The minimum absolute atomic E-state index is 0.167. The Bertz CT molecular complexity index is 831. The third kappa shape index (κ3) is 4.80. The lowest BCUT2D eigenvalue weighted by Crippen LogP contribution is -2.44. The van der Waals surface area contributed by atoms with Crippen LogP contribution in [-0.4, -0.2) is 49.4 Å². The fraction of sp³-hybridized carbons (Fsp3) is 0.556. The topological polar surface area (TPSA) is 95.6 Å². The molecule has 0 unspecified atom stereocenters. The highest BCUT2D eigenvalue weighted by Crippen LogP contribution is 2.33. The second-order valence-electron chi connectivity index (χ2n) is 7.16. The molecule has 9 heteroatoms. The molecule has 3 rings (SSSR count). The van der Waals surface area contributed by atoms with Crippen molar-refractivity contribution in [1.29, 1.82) is 0 Å². The minimum atomic E-state index is -3.13. The van der Waals surface area contributed by atoms with Crippen LogP contribution >= 0.6 is 11.6 Å². The smallest absolute Gasteiger partial charge is 0.313 e. The number of amides is 2. The molecule has 2 N–H and O–H groups in total. The van der Waals surface area contributed by atoms with Crippen LogP contribution in [0.5, 0.6) is 0 Å². The summed E-state index contributed by atoms with van der Waals surface area (Å²) >= 11 is 6.01. The summed E-state index contributed by atoms with van der Waals surface area (Å²) in [5, 5.41) is 5.53. The van der Waals surface area contributed by atoms with Crippen molar-refractivity contribution in [3.63, 3.8) is 0 Å². The highest BCUT2D eigenvalue weighted by atomic mass is 35.5. The van der Waals surface area contributed by atoms with Gasteiger partial charge in [-0.05, 0) is 56.2 Å². The third-order valence-corrected chi connectivity index (χ3v) is 7.96. The number of piperidine rings is 1. The van der Waals surface area contributed by atoms with Crippen molar-refractivity contribution in [2.24, 2.45) is 5.92 Å². The van der Waals surface area contributed by atoms with Crippen LogP contribution in [0.2, 0.25) is 5.02 Å². The van der Waals surface area contributed by atoms with Crippen molar-refractivity contribution in [3.8, 4) is 0 Å². The number of hydrogen-bond acceptors (Lipinski definition) is 4. The predicted octanol–water partition coefficient (Wildman–Crippen LogP) is 1.91. The zero-order valence-electron chi connectivity index (χ0n) is 15.2. The maximum Gasteiger partial charge on any atom is 0.313 e. The van der Waals surface area contributed by atoms with Crippen LogP contribution in [-0.2, 0) is 19.6 Å². The first-order valence-electron chi connectivity index (χ1n) is 9.12. The number of hydrogen-bond donors (Lipinski definition) is 2. The van der Waals surface area contributed by atoms with Gasteiger partial charge in [0.2, 0.25) is 10.0 Å².